The summed E-state index contributed by atoms with van der Waals surface area (Å²) in [6.07, 6.45) is 3.23. The summed E-state index contributed by atoms with van der Waals surface area (Å²) in [6.45, 7) is 3.85. The van der Waals surface area contributed by atoms with E-state index in [4.69, 9.17) is 9.47 Å². The summed E-state index contributed by atoms with van der Waals surface area (Å²) in [5, 5.41) is 25.4. The number of aromatic nitrogens is 2. The normalized spacial score (nSPS) is 12.4. The van der Waals surface area contributed by atoms with Crippen LogP contribution in [0.5, 0.6) is 11.5 Å². The fourth-order valence-corrected chi connectivity index (χ4v) is 5.44. The van der Waals surface area contributed by atoms with Crippen molar-refractivity contribution in [3.63, 3.8) is 0 Å². The van der Waals surface area contributed by atoms with Crippen LogP contribution in [0.25, 0.3) is 0 Å². The van der Waals surface area contributed by atoms with Crippen LogP contribution in [-0.4, -0.2) is 69.0 Å². The van der Waals surface area contributed by atoms with E-state index in [-0.39, 0.29) is 36.8 Å². The van der Waals surface area contributed by atoms with Gasteiger partial charge in [0.15, 0.2) is 0 Å². The molecule has 0 radical (unpaired) electrons. The highest BCUT2D eigenvalue weighted by molar-refractivity contribution is 7.09. The zero-order chi connectivity index (χ0) is 30.4. The Hall–Kier alpha value is -4.20. The van der Waals surface area contributed by atoms with E-state index in [2.05, 4.69) is 25.5 Å². The average Bonchev–Trinajstić information content (AvgIpc) is 3.72. The van der Waals surface area contributed by atoms with Gasteiger partial charge in [0.25, 0.3) is 0 Å². The topological polar surface area (TPSA) is 146 Å². The number of carbonyl (C=O) groups is 2. The zero-order valence-corrected chi connectivity index (χ0v) is 25.4. The fourth-order valence-electron chi connectivity index (χ4n) is 4.43. The number of thiazole rings is 2. The summed E-state index contributed by atoms with van der Waals surface area (Å²) in [6, 6.07) is 13.1. The van der Waals surface area contributed by atoms with Crippen LogP contribution >= 0.6 is 22.7 Å². The minimum absolute atomic E-state index is 0.127. The summed E-state index contributed by atoms with van der Waals surface area (Å²) >= 11 is 2.82. The van der Waals surface area contributed by atoms with Crippen LogP contribution in [0.15, 0.2) is 71.9 Å². The molecule has 0 fully saturated rings. The first-order chi connectivity index (χ1) is 20.9. The number of hydrogen-bond acceptors (Lipinski definition) is 11. The van der Waals surface area contributed by atoms with Crippen LogP contribution in [0, 0.1) is 0 Å². The highest BCUT2D eigenvalue weighted by atomic mass is 32.1. The minimum Gasteiger partial charge on any atom is -0.508 e. The molecule has 2 aromatic heterocycles. The number of ether oxygens (including phenoxy) is 2. The van der Waals surface area contributed by atoms with Crippen molar-refractivity contribution in [2.24, 2.45) is 0 Å². The van der Waals surface area contributed by atoms with Gasteiger partial charge in [0.1, 0.15) is 24.7 Å². The summed E-state index contributed by atoms with van der Waals surface area (Å²) in [5.74, 6) is 0.329. The van der Waals surface area contributed by atoms with E-state index in [1.807, 2.05) is 31.2 Å². The van der Waals surface area contributed by atoms with Crippen molar-refractivity contribution in [3.05, 3.63) is 92.8 Å². The van der Waals surface area contributed by atoms with Gasteiger partial charge >= 0.3 is 12.2 Å². The summed E-state index contributed by atoms with van der Waals surface area (Å²) in [4.78, 5) is 37.4. The maximum Gasteiger partial charge on any atom is 0.407 e. The molecule has 228 valence electrons. The van der Waals surface area contributed by atoms with Gasteiger partial charge in [0, 0.05) is 37.6 Å². The second kappa shape index (κ2) is 16.4. The monoisotopic (exact) mass is 625 g/mol. The van der Waals surface area contributed by atoms with Crippen LogP contribution in [0.4, 0.5) is 9.59 Å². The van der Waals surface area contributed by atoms with E-state index in [9.17, 15) is 19.8 Å². The lowest BCUT2D eigenvalue weighted by Crippen LogP contribution is -2.50. The molecule has 13 heteroatoms. The molecule has 0 aliphatic heterocycles. The van der Waals surface area contributed by atoms with Gasteiger partial charge in [-0.1, -0.05) is 31.2 Å². The molecular formula is C30H35N5O6S2. The second-order valence-electron chi connectivity index (χ2n) is 9.86. The Kier molecular flexibility index (Phi) is 12.1. The number of benzene rings is 2. The molecule has 4 rings (SSSR count). The molecule has 2 amide bonds. The summed E-state index contributed by atoms with van der Waals surface area (Å²) in [5.41, 5.74) is 5.24. The lowest BCUT2D eigenvalue weighted by Gasteiger charge is -2.31. The summed E-state index contributed by atoms with van der Waals surface area (Å²) < 4.78 is 10.9. The van der Waals surface area contributed by atoms with E-state index in [1.54, 1.807) is 47.7 Å². The molecular weight excluding hydrogens is 590 g/mol. The summed E-state index contributed by atoms with van der Waals surface area (Å²) in [7, 11) is 0. The third-order valence-electron chi connectivity index (χ3n) is 6.54. The highest BCUT2D eigenvalue weighted by Gasteiger charge is 2.22. The number of nitrogens with one attached hydrogen (secondary N) is 2. The van der Waals surface area contributed by atoms with Crippen molar-refractivity contribution in [1.29, 1.82) is 0 Å². The number of rotatable bonds is 15. The first-order valence-corrected chi connectivity index (χ1v) is 15.5. The quantitative estimate of drug-likeness (QED) is 0.148. The molecule has 2 atom stereocenters. The maximum absolute atomic E-state index is 12.8. The van der Waals surface area contributed by atoms with Crippen LogP contribution in [0.3, 0.4) is 0 Å². The minimum atomic E-state index is -0.543. The van der Waals surface area contributed by atoms with Crippen molar-refractivity contribution < 1.29 is 29.3 Å². The molecule has 0 bridgehead atoms. The number of likely N-dealkylation sites (N-methyl/N-ethyl adjacent to an activating group) is 1. The molecule has 4 aromatic rings. The fraction of sp³-hybridized carbons (Fsp3) is 0.333. The molecule has 11 nitrogen and oxygen atoms in total. The van der Waals surface area contributed by atoms with Crippen molar-refractivity contribution in [1.82, 2.24) is 25.5 Å². The van der Waals surface area contributed by atoms with Crippen molar-refractivity contribution in [2.45, 2.75) is 45.1 Å². The Labute approximate surface area is 258 Å². The largest absolute Gasteiger partial charge is 0.508 e. The van der Waals surface area contributed by atoms with Crippen LogP contribution in [0.2, 0.25) is 0 Å². The molecule has 0 spiro atoms. The first kappa shape index (κ1) is 31.7. The van der Waals surface area contributed by atoms with Crippen LogP contribution in [0.1, 0.15) is 27.8 Å². The first-order valence-electron chi connectivity index (χ1n) is 13.8. The van der Waals surface area contributed by atoms with E-state index in [0.29, 0.717) is 32.5 Å². The highest BCUT2D eigenvalue weighted by Crippen LogP contribution is 2.15. The number of nitrogens with zero attached hydrogens (tertiary/aromatic N) is 3. The molecule has 2 heterocycles. The van der Waals surface area contributed by atoms with E-state index >= 15 is 0 Å². The van der Waals surface area contributed by atoms with E-state index in [0.717, 1.165) is 20.9 Å². The van der Waals surface area contributed by atoms with Gasteiger partial charge in [-0.25, -0.2) is 9.59 Å². The lowest BCUT2D eigenvalue weighted by atomic mass is 10.0. The molecule has 43 heavy (non-hydrogen) atoms. The van der Waals surface area contributed by atoms with E-state index in [1.165, 1.54) is 22.7 Å². The number of alkyl carbamates (subject to hydrolysis) is 2. The molecule has 0 saturated heterocycles. The van der Waals surface area contributed by atoms with Crippen molar-refractivity contribution in [3.8, 4) is 11.5 Å². The van der Waals surface area contributed by atoms with E-state index < -0.39 is 12.2 Å². The Bertz CT molecular complexity index is 1280. The van der Waals surface area contributed by atoms with Crippen molar-refractivity contribution >= 4 is 34.9 Å². The molecule has 0 aliphatic rings. The van der Waals surface area contributed by atoms with Gasteiger partial charge in [-0.2, -0.15) is 0 Å². The Morgan fingerprint density at radius 2 is 1.19 bits per heavy atom. The maximum atomic E-state index is 12.8. The Morgan fingerprint density at radius 1 is 0.767 bits per heavy atom. The number of phenolic OH excluding ortho intramolecular Hbond substituents is 2. The second-order valence-corrected chi connectivity index (χ2v) is 11.8. The van der Waals surface area contributed by atoms with Gasteiger partial charge in [0.2, 0.25) is 0 Å². The molecule has 2 aromatic carbocycles. The third-order valence-corrected chi connectivity index (χ3v) is 8.05. The number of aromatic hydroxyl groups is 2. The number of phenols is 2. The SMILES string of the molecule is CCN(C[C@H](Cc1ccc(O)cc1)NC(=O)OCc1cncs1)C[C@H](Cc1ccc(O)cc1)NC(=O)OCc1cncs1. The predicted molar refractivity (Wildman–Crippen MR) is 164 cm³/mol. The smallest absolute Gasteiger partial charge is 0.407 e. The van der Waals surface area contributed by atoms with Crippen LogP contribution in [-0.2, 0) is 35.5 Å². The Morgan fingerprint density at radius 3 is 1.53 bits per heavy atom. The molecule has 0 saturated carbocycles. The van der Waals surface area contributed by atoms with Gasteiger partial charge in [-0.3, -0.25) is 14.9 Å². The van der Waals surface area contributed by atoms with Crippen molar-refractivity contribution in [2.75, 3.05) is 19.6 Å². The van der Waals surface area contributed by atoms with Gasteiger partial charge < -0.3 is 30.3 Å². The molecule has 0 unspecified atom stereocenters. The number of hydrogen-bond donors (Lipinski definition) is 4. The molecule has 4 N–H and O–H groups in total. The zero-order valence-electron chi connectivity index (χ0n) is 23.7. The van der Waals surface area contributed by atoms with Crippen LogP contribution < -0.4 is 10.6 Å². The van der Waals surface area contributed by atoms with Gasteiger partial charge in [-0.05, 0) is 54.8 Å². The van der Waals surface area contributed by atoms with Gasteiger partial charge in [0.05, 0.1) is 20.8 Å². The van der Waals surface area contributed by atoms with Gasteiger partial charge in [-0.15, -0.1) is 22.7 Å². The molecule has 0 aliphatic carbocycles. The number of amides is 2. The lowest BCUT2D eigenvalue weighted by molar-refractivity contribution is 0.127. The Balaban J connectivity index is 1.43. The third kappa shape index (κ3) is 11.2. The average molecular weight is 626 g/mol. The number of carbonyl (C=O) groups excluding carboxylic acids is 2. The predicted octanol–water partition coefficient (Wildman–Crippen LogP) is 4.71. The standard InChI is InChI=1S/C30H35N5O6S2/c1-2-35(15-23(11-21-3-7-25(36)8-4-21)33-29(38)40-17-27-13-31-19-42-27)16-24(12-22-5-9-26(37)10-6-22)34-30(39)41-18-28-14-32-20-43-28/h3-10,13-14,19-20,23-24,36-37H,2,11-12,15-18H2,1H3,(H,33,38)(H,34,39)/t23-,24-/m0/s1.